The number of carbonyl (C=O) groups excluding carboxylic acids is 2. The average Bonchev–Trinajstić information content (AvgIpc) is 3.82. The summed E-state index contributed by atoms with van der Waals surface area (Å²) in [6, 6.07) is 30.9. The predicted molar refractivity (Wildman–Crippen MR) is 193 cm³/mol. The van der Waals surface area contributed by atoms with Crippen molar-refractivity contribution in [2.45, 2.75) is 58.8 Å². The van der Waals surface area contributed by atoms with E-state index in [4.69, 9.17) is 24.1 Å². The molecule has 0 aliphatic carbocycles. The van der Waals surface area contributed by atoms with E-state index in [9.17, 15) is 9.59 Å². The smallest absolute Gasteiger partial charge is 0.260 e. The number of carbonyl (C=O) groups is 2. The van der Waals surface area contributed by atoms with E-state index in [1.807, 2.05) is 91.5 Å². The molecule has 9 nitrogen and oxygen atoms in total. The van der Waals surface area contributed by atoms with Gasteiger partial charge in [-0.25, -0.2) is 0 Å². The van der Waals surface area contributed by atoms with Crippen molar-refractivity contribution < 1.29 is 33.6 Å². The second kappa shape index (κ2) is 18.1. The maximum Gasteiger partial charge on any atom is 0.260 e. The number of amides is 2. The van der Waals surface area contributed by atoms with Gasteiger partial charge in [0.1, 0.15) is 35.2 Å². The first kappa shape index (κ1) is 36.3. The lowest BCUT2D eigenvalue weighted by molar-refractivity contribution is -0.133. The van der Waals surface area contributed by atoms with Crippen LogP contribution in [0.1, 0.15) is 42.0 Å². The minimum atomic E-state index is -0.0397. The Kier molecular flexibility index (Phi) is 13.1. The fourth-order valence-corrected chi connectivity index (χ4v) is 5.82. The molecular formula is C41H48N2O7. The van der Waals surface area contributed by atoms with Crippen LogP contribution in [0.4, 0.5) is 0 Å². The summed E-state index contributed by atoms with van der Waals surface area (Å²) in [7, 11) is 0. The minimum Gasteiger partial charge on any atom is -0.488 e. The number of hydrogen-bond donors (Lipinski definition) is 1. The van der Waals surface area contributed by atoms with Crippen molar-refractivity contribution in [3.63, 3.8) is 0 Å². The van der Waals surface area contributed by atoms with Crippen LogP contribution < -0.4 is 18.9 Å². The van der Waals surface area contributed by atoms with Crippen LogP contribution in [-0.2, 0) is 22.6 Å². The number of hydrogen-bond acceptors (Lipinski definition) is 7. The highest BCUT2D eigenvalue weighted by molar-refractivity contribution is 5.78. The number of aryl methyl sites for hydroxylation is 3. The molecule has 50 heavy (non-hydrogen) atoms. The van der Waals surface area contributed by atoms with Crippen molar-refractivity contribution in [3.8, 4) is 23.0 Å². The van der Waals surface area contributed by atoms with Crippen molar-refractivity contribution in [1.29, 1.82) is 0 Å². The molecule has 2 aliphatic rings. The van der Waals surface area contributed by atoms with E-state index in [1.165, 1.54) is 5.56 Å². The van der Waals surface area contributed by atoms with Crippen LogP contribution >= 0.6 is 0 Å². The van der Waals surface area contributed by atoms with Gasteiger partial charge in [0.2, 0.25) is 0 Å². The molecule has 4 aromatic rings. The molecule has 0 bridgehead atoms. The maximum atomic E-state index is 12.4. The molecule has 0 radical (unpaired) electrons. The molecule has 264 valence electrons. The summed E-state index contributed by atoms with van der Waals surface area (Å²) in [5.74, 6) is 3.10. The first-order valence-corrected chi connectivity index (χ1v) is 17.4. The number of aliphatic hydroxyl groups is 1. The Hall–Kier alpha value is -5.02. The summed E-state index contributed by atoms with van der Waals surface area (Å²) in [5, 5.41) is 9.02. The summed E-state index contributed by atoms with van der Waals surface area (Å²) < 4.78 is 23.2. The Bertz CT molecular complexity index is 1550. The standard InChI is InChI=1S/C21H25NO3.C20H23NO4/c1-3-17-8-10-18(11-9-17)24-15-21(23)22-13-12-19(14-22)25-20-7-5-4-6-16(20)2;1-15-4-2-3-5-19(15)25-18-10-11-21(12-18)20(23)14-24-17-8-6-16(13-22)7-9-17/h4-11,19H,3,12-15H2,1-2H3;2-9,18,22H,10-14H2,1H3/t19-;18-/m00/s1. The number of rotatable bonds is 12. The molecule has 6 rings (SSSR count). The molecule has 9 heteroatoms. The molecule has 2 aliphatic heterocycles. The first-order chi connectivity index (χ1) is 24.3. The lowest BCUT2D eigenvalue weighted by atomic mass is 10.2. The fraction of sp³-hybridized carbons (Fsp3) is 0.366. The van der Waals surface area contributed by atoms with Crippen LogP contribution in [0.5, 0.6) is 23.0 Å². The molecule has 2 atom stereocenters. The van der Waals surface area contributed by atoms with Crippen molar-refractivity contribution in [2.75, 3.05) is 39.4 Å². The van der Waals surface area contributed by atoms with Crippen LogP contribution in [0.25, 0.3) is 0 Å². The van der Waals surface area contributed by atoms with Gasteiger partial charge in [-0.1, -0.05) is 67.6 Å². The largest absolute Gasteiger partial charge is 0.488 e. The van der Waals surface area contributed by atoms with Crippen molar-refractivity contribution >= 4 is 11.8 Å². The van der Waals surface area contributed by atoms with E-state index in [0.29, 0.717) is 31.9 Å². The Morgan fingerprint density at radius 2 is 1.06 bits per heavy atom. The molecule has 0 saturated carbocycles. The number of likely N-dealkylation sites (tertiary alicyclic amines) is 2. The second-order valence-corrected chi connectivity index (χ2v) is 12.6. The molecule has 1 N–H and O–H groups in total. The lowest BCUT2D eigenvalue weighted by Gasteiger charge is -2.18. The molecule has 2 fully saturated rings. The normalized spacial score (nSPS) is 16.7. The Balaban J connectivity index is 0.000000194. The minimum absolute atomic E-state index is 0.00470. The van der Waals surface area contributed by atoms with Gasteiger partial charge in [0, 0.05) is 25.9 Å². The topological polar surface area (TPSA) is 97.8 Å². The van der Waals surface area contributed by atoms with Gasteiger partial charge in [0.15, 0.2) is 13.2 Å². The average molecular weight is 681 g/mol. The SMILES string of the molecule is CCc1ccc(OCC(=O)N2CC[C@H](Oc3ccccc3C)C2)cc1.Cc1ccccc1O[C@H]1CCN(C(=O)COc2ccc(CO)cc2)C1. The van der Waals surface area contributed by atoms with E-state index >= 15 is 0 Å². The summed E-state index contributed by atoms with van der Waals surface area (Å²) >= 11 is 0. The molecule has 2 amide bonds. The van der Waals surface area contributed by atoms with E-state index in [1.54, 1.807) is 29.2 Å². The van der Waals surface area contributed by atoms with Gasteiger partial charge in [-0.3, -0.25) is 9.59 Å². The fourth-order valence-electron chi connectivity index (χ4n) is 5.82. The van der Waals surface area contributed by atoms with E-state index < -0.39 is 0 Å². The summed E-state index contributed by atoms with van der Waals surface area (Å²) in [6.45, 7) is 8.84. The highest BCUT2D eigenvalue weighted by Gasteiger charge is 2.29. The molecular weight excluding hydrogens is 632 g/mol. The quantitative estimate of drug-likeness (QED) is 0.191. The lowest BCUT2D eigenvalue weighted by Crippen LogP contribution is -2.34. The molecule has 0 aromatic heterocycles. The van der Waals surface area contributed by atoms with Gasteiger partial charge >= 0.3 is 0 Å². The summed E-state index contributed by atoms with van der Waals surface area (Å²) in [5.41, 5.74) is 4.29. The van der Waals surface area contributed by atoms with E-state index in [0.717, 1.165) is 53.2 Å². The van der Waals surface area contributed by atoms with Gasteiger partial charge in [-0.05, 0) is 78.9 Å². The highest BCUT2D eigenvalue weighted by atomic mass is 16.5. The third-order valence-electron chi connectivity index (χ3n) is 8.93. The van der Waals surface area contributed by atoms with Gasteiger partial charge in [0.25, 0.3) is 11.8 Å². The Morgan fingerprint density at radius 1 is 0.640 bits per heavy atom. The van der Waals surface area contributed by atoms with E-state index in [2.05, 4.69) is 6.92 Å². The summed E-state index contributed by atoms with van der Waals surface area (Å²) in [4.78, 5) is 28.3. The molecule has 4 aromatic carbocycles. The zero-order valence-corrected chi connectivity index (χ0v) is 29.3. The predicted octanol–water partition coefficient (Wildman–Crippen LogP) is 6.16. The Morgan fingerprint density at radius 3 is 1.46 bits per heavy atom. The van der Waals surface area contributed by atoms with Crippen LogP contribution in [0.15, 0.2) is 97.1 Å². The van der Waals surface area contributed by atoms with Gasteiger partial charge < -0.3 is 33.9 Å². The maximum absolute atomic E-state index is 12.4. The number of para-hydroxylation sites is 2. The number of aliphatic hydroxyl groups excluding tert-OH is 1. The summed E-state index contributed by atoms with van der Waals surface area (Å²) in [6.07, 6.45) is 2.74. The first-order valence-electron chi connectivity index (χ1n) is 17.4. The van der Waals surface area contributed by atoms with Crippen molar-refractivity contribution in [2.24, 2.45) is 0 Å². The monoisotopic (exact) mass is 680 g/mol. The number of ether oxygens (including phenoxy) is 4. The van der Waals surface area contributed by atoms with Gasteiger partial charge in [0.05, 0.1) is 19.7 Å². The Labute approximate surface area is 295 Å². The zero-order valence-electron chi connectivity index (χ0n) is 29.3. The van der Waals surface area contributed by atoms with E-state index in [-0.39, 0.29) is 43.8 Å². The highest BCUT2D eigenvalue weighted by Crippen LogP contribution is 2.24. The third kappa shape index (κ3) is 10.5. The molecule has 0 spiro atoms. The number of nitrogens with zero attached hydrogens (tertiary/aromatic N) is 2. The van der Waals surface area contributed by atoms with Crippen molar-refractivity contribution in [1.82, 2.24) is 9.80 Å². The molecule has 2 saturated heterocycles. The zero-order chi connectivity index (χ0) is 35.3. The molecule has 2 heterocycles. The van der Waals surface area contributed by atoms with Crippen LogP contribution in [0.2, 0.25) is 0 Å². The number of benzene rings is 4. The molecule has 0 unspecified atom stereocenters. The van der Waals surface area contributed by atoms with Crippen molar-refractivity contribution in [3.05, 3.63) is 119 Å². The van der Waals surface area contributed by atoms with Gasteiger partial charge in [-0.15, -0.1) is 0 Å². The second-order valence-electron chi connectivity index (χ2n) is 12.6. The van der Waals surface area contributed by atoms with Crippen LogP contribution in [-0.4, -0.2) is 78.3 Å². The van der Waals surface area contributed by atoms with Gasteiger partial charge in [-0.2, -0.15) is 0 Å². The third-order valence-corrected chi connectivity index (χ3v) is 8.93. The van der Waals surface area contributed by atoms with Crippen LogP contribution in [0, 0.1) is 13.8 Å². The van der Waals surface area contributed by atoms with Crippen LogP contribution in [0.3, 0.4) is 0 Å².